The highest BCUT2D eigenvalue weighted by Gasteiger charge is 2.12. The van der Waals surface area contributed by atoms with E-state index < -0.39 is 0 Å². The number of para-hydroxylation sites is 1. The van der Waals surface area contributed by atoms with Crippen molar-refractivity contribution in [1.82, 2.24) is 10.6 Å². The van der Waals surface area contributed by atoms with Gasteiger partial charge in [-0.1, -0.05) is 24.3 Å². The molecule has 2 N–H and O–H groups in total. The number of guanidine groups is 1. The van der Waals surface area contributed by atoms with Crippen molar-refractivity contribution in [3.8, 4) is 11.5 Å². The third-order valence-corrected chi connectivity index (χ3v) is 4.17. The number of rotatable bonds is 10. The summed E-state index contributed by atoms with van der Waals surface area (Å²) >= 11 is 0. The van der Waals surface area contributed by atoms with E-state index in [1.165, 1.54) is 6.07 Å². The van der Waals surface area contributed by atoms with Crippen molar-refractivity contribution in [3.05, 3.63) is 63.7 Å². The van der Waals surface area contributed by atoms with Crippen molar-refractivity contribution in [3.63, 3.8) is 0 Å². The number of hydrogen-bond acceptors (Lipinski definition) is 5. The first-order valence-electron chi connectivity index (χ1n) is 9.64. The molecule has 9 heteroatoms. The summed E-state index contributed by atoms with van der Waals surface area (Å²) in [6, 6.07) is 12.6. The average Bonchev–Trinajstić information content (AvgIpc) is 2.72. The molecule has 0 aromatic heterocycles. The Hall–Kier alpha value is -2.56. The number of benzene rings is 2. The van der Waals surface area contributed by atoms with E-state index in [-0.39, 0.29) is 34.6 Å². The second kappa shape index (κ2) is 13.6. The minimum Gasteiger partial charge on any atom is -0.490 e. The predicted octanol–water partition coefficient (Wildman–Crippen LogP) is 3.92. The number of nitrogens with zero attached hydrogens (tertiary/aromatic N) is 2. The average molecular weight is 528 g/mol. The number of aliphatic imine (C=N–C) groups is 1. The van der Waals surface area contributed by atoms with Crippen LogP contribution >= 0.6 is 24.0 Å². The van der Waals surface area contributed by atoms with Crippen molar-refractivity contribution in [2.75, 3.05) is 26.8 Å². The predicted molar refractivity (Wildman–Crippen MR) is 129 cm³/mol. The number of ether oxygens (including phenoxy) is 2. The van der Waals surface area contributed by atoms with Crippen molar-refractivity contribution < 1.29 is 14.4 Å². The normalized spacial score (nSPS) is 10.7. The van der Waals surface area contributed by atoms with Gasteiger partial charge in [0, 0.05) is 31.8 Å². The fraction of sp³-hybridized carbons (Fsp3) is 0.381. The lowest BCUT2D eigenvalue weighted by atomic mass is 10.1. The van der Waals surface area contributed by atoms with E-state index in [2.05, 4.69) is 15.6 Å². The molecule has 30 heavy (non-hydrogen) atoms. The molecule has 0 amide bonds. The minimum atomic E-state index is -0.380. The van der Waals surface area contributed by atoms with Crippen LogP contribution in [-0.2, 0) is 13.0 Å². The highest BCUT2D eigenvalue weighted by Crippen LogP contribution is 2.28. The Bertz CT molecular complexity index is 846. The summed E-state index contributed by atoms with van der Waals surface area (Å²) in [7, 11) is 1.67. The van der Waals surface area contributed by atoms with Gasteiger partial charge in [0.1, 0.15) is 0 Å². The summed E-state index contributed by atoms with van der Waals surface area (Å²) in [6.07, 6.45) is 0.763. The number of nitro benzene ring substituents is 1. The van der Waals surface area contributed by atoms with E-state index in [9.17, 15) is 10.1 Å². The van der Waals surface area contributed by atoms with Crippen LogP contribution in [0.25, 0.3) is 0 Å². The van der Waals surface area contributed by atoms with Gasteiger partial charge in [0.2, 0.25) is 0 Å². The van der Waals surface area contributed by atoms with Crippen LogP contribution < -0.4 is 20.1 Å². The summed E-state index contributed by atoms with van der Waals surface area (Å²) in [4.78, 5) is 14.9. The Morgan fingerprint density at radius 2 is 1.77 bits per heavy atom. The van der Waals surface area contributed by atoms with E-state index in [0.29, 0.717) is 37.8 Å². The van der Waals surface area contributed by atoms with Crippen LogP contribution in [0.3, 0.4) is 0 Å². The van der Waals surface area contributed by atoms with Gasteiger partial charge in [-0.3, -0.25) is 15.1 Å². The molecule has 0 bridgehead atoms. The fourth-order valence-electron chi connectivity index (χ4n) is 2.81. The first-order valence-corrected chi connectivity index (χ1v) is 9.64. The molecular formula is C21H29IN4O4. The Balaban J connectivity index is 0.00000450. The van der Waals surface area contributed by atoms with E-state index >= 15 is 0 Å². The SMILES string of the molecule is CCOc1ccc(CCNC(=NC)NCc2ccccc2[N+](=O)[O-])cc1OCC.I. The molecule has 0 aliphatic carbocycles. The molecule has 0 atom stereocenters. The molecule has 2 rings (SSSR count). The highest BCUT2D eigenvalue weighted by atomic mass is 127. The van der Waals surface area contributed by atoms with Crippen LogP contribution in [0.2, 0.25) is 0 Å². The largest absolute Gasteiger partial charge is 0.490 e. The Kier molecular flexibility index (Phi) is 11.6. The molecule has 0 unspecified atom stereocenters. The molecule has 2 aromatic carbocycles. The van der Waals surface area contributed by atoms with Gasteiger partial charge in [-0.2, -0.15) is 0 Å². The standard InChI is InChI=1S/C21H28N4O4.HI/c1-4-28-19-11-10-16(14-20(19)29-5-2)12-13-23-21(22-3)24-15-17-8-6-7-9-18(17)25(26)27;/h6-11,14H,4-5,12-13,15H2,1-3H3,(H2,22,23,24);1H. The topological polar surface area (TPSA) is 98.0 Å². The molecule has 0 radical (unpaired) electrons. The zero-order chi connectivity index (χ0) is 21.1. The highest BCUT2D eigenvalue weighted by molar-refractivity contribution is 14.0. The molecule has 0 fully saturated rings. The number of hydrogen-bond donors (Lipinski definition) is 2. The van der Waals surface area contributed by atoms with Crippen molar-refractivity contribution in [2.24, 2.45) is 4.99 Å². The van der Waals surface area contributed by atoms with Gasteiger partial charge in [-0.15, -0.1) is 24.0 Å². The zero-order valence-electron chi connectivity index (χ0n) is 17.5. The van der Waals surface area contributed by atoms with Crippen molar-refractivity contribution >= 4 is 35.6 Å². The van der Waals surface area contributed by atoms with Gasteiger partial charge in [0.15, 0.2) is 17.5 Å². The Morgan fingerprint density at radius 1 is 1.07 bits per heavy atom. The Morgan fingerprint density at radius 3 is 2.43 bits per heavy atom. The smallest absolute Gasteiger partial charge is 0.274 e. The molecule has 0 saturated carbocycles. The third-order valence-electron chi connectivity index (χ3n) is 4.17. The number of halogens is 1. The second-order valence-corrected chi connectivity index (χ2v) is 6.14. The first kappa shape index (κ1) is 25.5. The van der Waals surface area contributed by atoms with E-state index in [1.54, 1.807) is 25.2 Å². The molecule has 0 spiro atoms. The van der Waals surface area contributed by atoms with Crippen LogP contribution in [0.1, 0.15) is 25.0 Å². The van der Waals surface area contributed by atoms with Crippen LogP contribution in [0.5, 0.6) is 11.5 Å². The number of nitro groups is 1. The van der Waals surface area contributed by atoms with Crippen molar-refractivity contribution in [2.45, 2.75) is 26.8 Å². The summed E-state index contributed by atoms with van der Waals surface area (Å²) in [5.41, 5.74) is 1.81. The second-order valence-electron chi connectivity index (χ2n) is 6.14. The summed E-state index contributed by atoms with van der Waals surface area (Å²) in [5.74, 6) is 2.07. The Labute approximate surface area is 194 Å². The fourth-order valence-corrected chi connectivity index (χ4v) is 2.81. The summed E-state index contributed by atoms with van der Waals surface area (Å²) in [5, 5.41) is 17.5. The lowest BCUT2D eigenvalue weighted by Gasteiger charge is -2.14. The van der Waals surface area contributed by atoms with Crippen LogP contribution in [-0.4, -0.2) is 37.7 Å². The zero-order valence-corrected chi connectivity index (χ0v) is 19.8. The van der Waals surface area contributed by atoms with Gasteiger partial charge in [-0.05, 0) is 38.0 Å². The lowest BCUT2D eigenvalue weighted by Crippen LogP contribution is -2.38. The minimum absolute atomic E-state index is 0. The van der Waals surface area contributed by atoms with Gasteiger partial charge < -0.3 is 20.1 Å². The van der Waals surface area contributed by atoms with Crippen LogP contribution in [0.4, 0.5) is 5.69 Å². The van der Waals surface area contributed by atoms with Crippen LogP contribution in [0, 0.1) is 10.1 Å². The maximum Gasteiger partial charge on any atom is 0.274 e. The maximum atomic E-state index is 11.1. The maximum absolute atomic E-state index is 11.1. The van der Waals surface area contributed by atoms with Crippen LogP contribution in [0.15, 0.2) is 47.5 Å². The summed E-state index contributed by atoms with van der Waals surface area (Å²) < 4.78 is 11.2. The monoisotopic (exact) mass is 528 g/mol. The van der Waals surface area contributed by atoms with Gasteiger partial charge in [-0.25, -0.2) is 0 Å². The number of nitrogens with one attached hydrogen (secondary N) is 2. The van der Waals surface area contributed by atoms with Gasteiger partial charge in [0.25, 0.3) is 5.69 Å². The molecule has 8 nitrogen and oxygen atoms in total. The van der Waals surface area contributed by atoms with E-state index in [1.807, 2.05) is 32.0 Å². The quantitative estimate of drug-likeness (QED) is 0.160. The molecule has 164 valence electrons. The molecule has 0 aliphatic heterocycles. The molecule has 2 aromatic rings. The third kappa shape index (κ3) is 7.69. The molecule has 0 heterocycles. The molecule has 0 aliphatic rings. The van der Waals surface area contributed by atoms with Crippen molar-refractivity contribution in [1.29, 1.82) is 0 Å². The van der Waals surface area contributed by atoms with E-state index in [0.717, 1.165) is 23.5 Å². The van der Waals surface area contributed by atoms with E-state index in [4.69, 9.17) is 9.47 Å². The molecule has 0 saturated heterocycles. The van der Waals surface area contributed by atoms with Gasteiger partial charge >= 0.3 is 0 Å². The molecular weight excluding hydrogens is 499 g/mol. The summed E-state index contributed by atoms with van der Waals surface area (Å²) in [6.45, 7) is 6.00. The van der Waals surface area contributed by atoms with Gasteiger partial charge in [0.05, 0.1) is 18.1 Å². The first-order chi connectivity index (χ1) is 14.1. The lowest BCUT2D eigenvalue weighted by molar-refractivity contribution is -0.385.